The first-order valence-corrected chi connectivity index (χ1v) is 2.28. The second-order valence-electron chi connectivity index (χ2n) is 1.36. The number of hydrogen-bond acceptors (Lipinski definition) is 2. The van der Waals surface area contributed by atoms with Gasteiger partial charge >= 0.3 is 51.4 Å². The largest absolute Gasteiger partial charge is 1.00 e. The van der Waals surface area contributed by atoms with Crippen LogP contribution in [-0.4, -0.2) is 26.3 Å². The molecule has 1 aliphatic rings. The average Bonchev–Trinajstić information content (AvgIpc) is 1.72. The smallest absolute Gasteiger partial charge is 1.00 e. The van der Waals surface area contributed by atoms with E-state index in [1.54, 1.807) is 0 Å². The molecule has 0 aromatic rings. The molecule has 1 aliphatic heterocycles. The molecule has 3 heteroatoms. The molecule has 0 spiro atoms. The minimum Gasteiger partial charge on any atom is -1.00 e. The number of hydrogen-bond donors (Lipinski definition) is 1. The number of morpholine rings is 1. The maximum atomic E-state index is 5.01. The Kier molecular flexibility index (Phi) is 6.95. The predicted octanol–water partition coefficient (Wildman–Crippen LogP) is -3.28. The Morgan fingerprint density at radius 3 is 2.00 bits per heavy atom. The molecule has 0 unspecified atom stereocenters. The van der Waals surface area contributed by atoms with Gasteiger partial charge < -0.3 is 11.5 Å². The summed E-state index contributed by atoms with van der Waals surface area (Å²) >= 11 is 0. The van der Waals surface area contributed by atoms with Crippen molar-refractivity contribution >= 4 is 0 Å². The summed E-state index contributed by atoms with van der Waals surface area (Å²) in [7, 11) is 0. The molecule has 1 rings (SSSR count). The van der Waals surface area contributed by atoms with Gasteiger partial charge in [-0.2, -0.15) is 0 Å². The van der Waals surface area contributed by atoms with Crippen LogP contribution in [0.2, 0.25) is 0 Å². The third-order valence-electron chi connectivity index (χ3n) is 0.846. The monoisotopic (exact) mass is 127 g/mol. The van der Waals surface area contributed by atoms with Gasteiger partial charge in [0, 0.05) is 13.1 Å². The molecule has 0 aromatic carbocycles. The molecular formula is C4H10KNO. The van der Waals surface area contributed by atoms with Crippen LogP contribution in [0.4, 0.5) is 0 Å². The number of ether oxygens (including phenoxy) is 1. The molecule has 1 fully saturated rings. The molecule has 1 saturated heterocycles. The van der Waals surface area contributed by atoms with E-state index >= 15 is 0 Å². The van der Waals surface area contributed by atoms with E-state index in [0.717, 1.165) is 26.3 Å². The van der Waals surface area contributed by atoms with Crippen LogP contribution in [-0.2, 0) is 4.74 Å². The molecule has 0 bridgehead atoms. The Balaban J connectivity index is 0. The Morgan fingerprint density at radius 1 is 1.29 bits per heavy atom. The van der Waals surface area contributed by atoms with Crippen LogP contribution in [0.15, 0.2) is 0 Å². The summed E-state index contributed by atoms with van der Waals surface area (Å²) < 4.78 is 5.01. The van der Waals surface area contributed by atoms with Gasteiger partial charge in [0.25, 0.3) is 0 Å². The molecule has 0 saturated carbocycles. The first kappa shape index (κ1) is 8.56. The fraction of sp³-hybridized carbons (Fsp3) is 1.00. The third kappa shape index (κ3) is 4.09. The fourth-order valence-electron chi connectivity index (χ4n) is 0.516. The van der Waals surface area contributed by atoms with Gasteiger partial charge in [-0.15, -0.1) is 0 Å². The van der Waals surface area contributed by atoms with Gasteiger partial charge in [0.15, 0.2) is 0 Å². The molecule has 7 heavy (non-hydrogen) atoms. The summed E-state index contributed by atoms with van der Waals surface area (Å²) in [5.41, 5.74) is 0. The van der Waals surface area contributed by atoms with Crippen molar-refractivity contribution in [2.24, 2.45) is 0 Å². The van der Waals surface area contributed by atoms with E-state index in [1.165, 1.54) is 0 Å². The third-order valence-corrected chi connectivity index (χ3v) is 0.846. The van der Waals surface area contributed by atoms with E-state index in [2.05, 4.69) is 5.32 Å². The van der Waals surface area contributed by atoms with Crippen LogP contribution in [0.1, 0.15) is 1.43 Å². The summed E-state index contributed by atoms with van der Waals surface area (Å²) in [5.74, 6) is 0. The molecule has 1 heterocycles. The Morgan fingerprint density at radius 2 is 1.86 bits per heavy atom. The van der Waals surface area contributed by atoms with Gasteiger partial charge in [-0.25, -0.2) is 0 Å². The molecule has 0 radical (unpaired) electrons. The zero-order chi connectivity index (χ0) is 4.24. The van der Waals surface area contributed by atoms with Crippen LogP contribution in [0.5, 0.6) is 0 Å². The molecule has 1 N–H and O–H groups in total. The molecule has 0 atom stereocenters. The zero-order valence-electron chi connectivity index (χ0n) is 5.74. The summed E-state index contributed by atoms with van der Waals surface area (Å²) in [6.07, 6.45) is 0. The second-order valence-corrected chi connectivity index (χ2v) is 1.36. The van der Waals surface area contributed by atoms with Crippen molar-refractivity contribution in [2.45, 2.75) is 0 Å². The van der Waals surface area contributed by atoms with Gasteiger partial charge in [-0.05, 0) is 0 Å². The first-order valence-electron chi connectivity index (χ1n) is 2.28. The van der Waals surface area contributed by atoms with Crippen LogP contribution in [0.25, 0.3) is 0 Å². The SMILES string of the molecule is C1COCCN1.[H-].[K+]. The van der Waals surface area contributed by atoms with Crippen molar-refractivity contribution in [1.29, 1.82) is 0 Å². The van der Waals surface area contributed by atoms with Gasteiger partial charge in [-0.1, -0.05) is 0 Å². The normalized spacial score (nSPS) is 20.6. The van der Waals surface area contributed by atoms with Crippen molar-refractivity contribution in [2.75, 3.05) is 26.3 Å². The Hall–Kier alpha value is 1.56. The van der Waals surface area contributed by atoms with Crippen LogP contribution >= 0.6 is 0 Å². The number of nitrogens with one attached hydrogen (secondary N) is 1. The van der Waals surface area contributed by atoms with E-state index < -0.39 is 0 Å². The Labute approximate surface area is 87.9 Å². The molecule has 38 valence electrons. The van der Waals surface area contributed by atoms with E-state index in [-0.39, 0.29) is 52.8 Å². The quantitative estimate of drug-likeness (QED) is 0.345. The van der Waals surface area contributed by atoms with Crippen molar-refractivity contribution in [3.63, 3.8) is 0 Å². The van der Waals surface area contributed by atoms with E-state index in [0.29, 0.717) is 0 Å². The Bertz CT molecular complexity index is 31.5. The minimum absolute atomic E-state index is 0. The average molecular weight is 127 g/mol. The number of rotatable bonds is 0. The van der Waals surface area contributed by atoms with E-state index in [9.17, 15) is 0 Å². The van der Waals surface area contributed by atoms with E-state index in [1.807, 2.05) is 0 Å². The summed E-state index contributed by atoms with van der Waals surface area (Å²) in [6, 6.07) is 0. The van der Waals surface area contributed by atoms with Gasteiger partial charge in [0.1, 0.15) is 0 Å². The maximum Gasteiger partial charge on any atom is 1.00 e. The van der Waals surface area contributed by atoms with Crippen molar-refractivity contribution in [1.82, 2.24) is 5.32 Å². The molecule has 2 nitrogen and oxygen atoms in total. The van der Waals surface area contributed by atoms with E-state index in [4.69, 9.17) is 4.74 Å². The maximum absolute atomic E-state index is 5.01. The molecule has 0 aromatic heterocycles. The van der Waals surface area contributed by atoms with Crippen LogP contribution in [0, 0.1) is 0 Å². The summed E-state index contributed by atoms with van der Waals surface area (Å²) in [4.78, 5) is 0. The van der Waals surface area contributed by atoms with Crippen molar-refractivity contribution < 1.29 is 57.5 Å². The summed E-state index contributed by atoms with van der Waals surface area (Å²) in [5, 5.41) is 3.16. The molecule has 0 amide bonds. The van der Waals surface area contributed by atoms with Crippen LogP contribution in [0.3, 0.4) is 0 Å². The topological polar surface area (TPSA) is 21.3 Å². The van der Waals surface area contributed by atoms with Gasteiger partial charge in [0.05, 0.1) is 13.2 Å². The first-order chi connectivity index (χ1) is 3.00. The van der Waals surface area contributed by atoms with Crippen LogP contribution < -0.4 is 56.7 Å². The second kappa shape index (κ2) is 5.69. The predicted molar refractivity (Wildman–Crippen MR) is 24.8 cm³/mol. The van der Waals surface area contributed by atoms with Gasteiger partial charge in [0.2, 0.25) is 0 Å². The van der Waals surface area contributed by atoms with Crippen molar-refractivity contribution in [3.05, 3.63) is 0 Å². The van der Waals surface area contributed by atoms with Gasteiger partial charge in [-0.3, -0.25) is 0 Å². The molecular weight excluding hydrogens is 117 g/mol. The summed E-state index contributed by atoms with van der Waals surface area (Å²) in [6.45, 7) is 3.83. The standard InChI is InChI=1S/C4H9NO.K.H/c1-3-6-4-2-5-1;;/h5H,1-4H2;;/q;+1;-1. The fourth-order valence-corrected chi connectivity index (χ4v) is 0.516. The zero-order valence-corrected chi connectivity index (χ0v) is 7.86. The van der Waals surface area contributed by atoms with Crippen molar-refractivity contribution in [3.8, 4) is 0 Å². The minimum atomic E-state index is 0. The molecule has 0 aliphatic carbocycles.